The molecule has 1 saturated carbocycles. The van der Waals surface area contributed by atoms with Crippen LogP contribution in [0.1, 0.15) is 36.0 Å². The smallest absolute Gasteiger partial charge is 0.196 e. The summed E-state index contributed by atoms with van der Waals surface area (Å²) in [6, 6.07) is 4.44. The summed E-state index contributed by atoms with van der Waals surface area (Å²) in [5, 5.41) is 0. The van der Waals surface area contributed by atoms with Crippen LogP contribution in [0.4, 0.5) is 0 Å². The number of aryl methyl sites for hydroxylation is 1. The Bertz CT molecular complexity index is 672. The van der Waals surface area contributed by atoms with Crippen molar-refractivity contribution < 1.29 is 9.53 Å². The van der Waals surface area contributed by atoms with Crippen molar-refractivity contribution in [2.45, 2.75) is 44.1 Å². The number of rotatable bonds is 0. The molecule has 5 rings (SSSR count). The van der Waals surface area contributed by atoms with Crippen LogP contribution in [-0.2, 0) is 16.6 Å². The van der Waals surface area contributed by atoms with E-state index in [1.54, 1.807) is 6.08 Å². The molecule has 2 nitrogen and oxygen atoms in total. The van der Waals surface area contributed by atoms with Gasteiger partial charge in [0.05, 0.1) is 5.41 Å². The zero-order chi connectivity index (χ0) is 13.5. The number of hydrogen-bond donors (Lipinski definition) is 0. The first-order valence-electron chi connectivity index (χ1n) is 7.73. The summed E-state index contributed by atoms with van der Waals surface area (Å²) in [6.07, 6.45) is 8.53. The van der Waals surface area contributed by atoms with E-state index in [9.17, 15) is 4.79 Å². The predicted octanol–water partition coefficient (Wildman–Crippen LogP) is 3.11. The van der Waals surface area contributed by atoms with Gasteiger partial charge in [0.15, 0.2) is 11.9 Å². The second kappa shape index (κ2) is 3.36. The number of benzene rings is 1. The molecule has 1 aromatic carbocycles. The molecule has 4 atom stereocenters. The molecule has 1 aliphatic heterocycles. The minimum absolute atomic E-state index is 0.0380. The Balaban J connectivity index is 1.88. The fraction of sp³-hybridized carbons (Fsp3) is 0.500. The average molecular weight is 266 g/mol. The van der Waals surface area contributed by atoms with Crippen LogP contribution in [0.5, 0.6) is 5.75 Å². The van der Waals surface area contributed by atoms with Crippen molar-refractivity contribution in [3.05, 3.63) is 41.0 Å². The van der Waals surface area contributed by atoms with Gasteiger partial charge < -0.3 is 4.74 Å². The van der Waals surface area contributed by atoms with Gasteiger partial charge >= 0.3 is 0 Å². The molecule has 1 aromatic rings. The molecule has 0 saturated heterocycles. The molecule has 3 aliphatic carbocycles. The Morgan fingerprint density at radius 2 is 2.25 bits per heavy atom. The van der Waals surface area contributed by atoms with Gasteiger partial charge in [0, 0.05) is 5.56 Å². The molecule has 2 heteroatoms. The maximum absolute atomic E-state index is 12.4. The molecule has 102 valence electrons. The van der Waals surface area contributed by atoms with Crippen LogP contribution in [-0.4, -0.2) is 11.9 Å². The molecule has 0 amide bonds. The van der Waals surface area contributed by atoms with E-state index in [0.717, 1.165) is 18.6 Å². The number of hydrogen-bond acceptors (Lipinski definition) is 2. The number of carbonyl (C=O) groups excluding carboxylic acids is 1. The van der Waals surface area contributed by atoms with Crippen LogP contribution in [0.3, 0.4) is 0 Å². The van der Waals surface area contributed by atoms with E-state index in [1.807, 2.05) is 0 Å². The van der Waals surface area contributed by atoms with Crippen molar-refractivity contribution in [3.8, 4) is 5.75 Å². The molecule has 20 heavy (non-hydrogen) atoms. The number of ether oxygens (including phenoxy) is 1. The monoisotopic (exact) mass is 266 g/mol. The maximum Gasteiger partial charge on any atom is 0.196 e. The Hall–Kier alpha value is -1.57. The van der Waals surface area contributed by atoms with E-state index >= 15 is 0 Å². The first-order chi connectivity index (χ1) is 9.72. The zero-order valence-corrected chi connectivity index (χ0v) is 11.7. The van der Waals surface area contributed by atoms with Crippen LogP contribution in [0.2, 0.25) is 0 Å². The summed E-state index contributed by atoms with van der Waals surface area (Å²) in [6.45, 7) is 2.10. The number of allylic oxidation sites excluding steroid dienone is 1. The van der Waals surface area contributed by atoms with Crippen LogP contribution < -0.4 is 4.74 Å². The molecule has 0 N–H and O–H groups in total. The third-order valence-corrected chi connectivity index (χ3v) is 6.09. The van der Waals surface area contributed by atoms with Crippen molar-refractivity contribution in [1.82, 2.24) is 0 Å². The summed E-state index contributed by atoms with van der Waals surface area (Å²) in [7, 11) is 0. The Morgan fingerprint density at radius 1 is 1.35 bits per heavy atom. The highest BCUT2D eigenvalue weighted by Crippen LogP contribution is 2.62. The fourth-order valence-corrected chi connectivity index (χ4v) is 5.37. The lowest BCUT2D eigenvalue weighted by Crippen LogP contribution is -2.56. The molecule has 1 heterocycles. The normalized spacial score (nSPS) is 39.5. The molecule has 1 spiro atoms. The van der Waals surface area contributed by atoms with Gasteiger partial charge in [0.25, 0.3) is 0 Å². The lowest BCUT2D eigenvalue weighted by Gasteiger charge is -2.52. The van der Waals surface area contributed by atoms with E-state index in [4.69, 9.17) is 4.74 Å². The molecule has 2 bridgehead atoms. The van der Waals surface area contributed by atoms with Crippen LogP contribution in [0.15, 0.2) is 24.3 Å². The lowest BCUT2D eigenvalue weighted by atomic mass is 9.50. The molecule has 4 aliphatic rings. The van der Waals surface area contributed by atoms with Gasteiger partial charge in [-0.1, -0.05) is 24.6 Å². The fourth-order valence-electron chi connectivity index (χ4n) is 5.37. The van der Waals surface area contributed by atoms with Gasteiger partial charge in [0.2, 0.25) is 0 Å². The topological polar surface area (TPSA) is 26.3 Å². The number of ketones is 1. The van der Waals surface area contributed by atoms with Gasteiger partial charge in [-0.3, -0.25) is 4.79 Å². The van der Waals surface area contributed by atoms with E-state index in [0.29, 0.717) is 11.8 Å². The van der Waals surface area contributed by atoms with Crippen molar-refractivity contribution >= 4 is 5.78 Å². The summed E-state index contributed by atoms with van der Waals surface area (Å²) >= 11 is 0. The van der Waals surface area contributed by atoms with Crippen molar-refractivity contribution in [3.63, 3.8) is 0 Å². The first-order valence-corrected chi connectivity index (χ1v) is 7.73. The van der Waals surface area contributed by atoms with E-state index < -0.39 is 0 Å². The van der Waals surface area contributed by atoms with Gasteiger partial charge in [-0.2, -0.15) is 0 Å². The van der Waals surface area contributed by atoms with E-state index in [2.05, 4.69) is 25.1 Å². The molecular weight excluding hydrogens is 248 g/mol. The van der Waals surface area contributed by atoms with E-state index in [-0.39, 0.29) is 17.3 Å². The van der Waals surface area contributed by atoms with Crippen molar-refractivity contribution in [2.75, 3.05) is 0 Å². The average Bonchev–Trinajstić information content (AvgIpc) is 2.78. The van der Waals surface area contributed by atoms with Crippen LogP contribution in [0, 0.1) is 18.8 Å². The Kier molecular flexibility index (Phi) is 1.87. The minimum atomic E-state index is -0.254. The summed E-state index contributed by atoms with van der Waals surface area (Å²) in [5.41, 5.74) is 3.98. The van der Waals surface area contributed by atoms with E-state index in [1.165, 1.54) is 29.5 Å². The van der Waals surface area contributed by atoms with Crippen molar-refractivity contribution in [2.24, 2.45) is 11.8 Å². The summed E-state index contributed by atoms with van der Waals surface area (Å²) in [4.78, 5) is 12.4. The highest BCUT2D eigenvalue weighted by atomic mass is 16.5. The first kappa shape index (κ1) is 11.1. The molecule has 1 fully saturated rings. The zero-order valence-electron chi connectivity index (χ0n) is 11.7. The van der Waals surface area contributed by atoms with Crippen molar-refractivity contribution in [1.29, 1.82) is 0 Å². The Labute approximate surface area is 118 Å². The second-order valence-electron chi connectivity index (χ2n) is 6.93. The predicted molar refractivity (Wildman–Crippen MR) is 76.0 cm³/mol. The summed E-state index contributed by atoms with van der Waals surface area (Å²) in [5.74, 6) is 2.40. The Morgan fingerprint density at radius 3 is 3.15 bits per heavy atom. The maximum atomic E-state index is 12.4. The molecule has 0 unspecified atom stereocenters. The van der Waals surface area contributed by atoms with Crippen LogP contribution >= 0.6 is 0 Å². The van der Waals surface area contributed by atoms with Gasteiger partial charge in [-0.15, -0.1) is 0 Å². The van der Waals surface area contributed by atoms with Crippen LogP contribution in [0.25, 0.3) is 0 Å². The second-order valence-corrected chi connectivity index (χ2v) is 6.93. The highest BCUT2D eigenvalue weighted by molar-refractivity contribution is 5.98. The third kappa shape index (κ3) is 1.04. The lowest BCUT2D eigenvalue weighted by molar-refractivity contribution is -0.126. The standard InChI is InChI=1S/C18H18O2/c1-10-4-5-12-9-11-3-2-8-18-13(11)6-7-14(19)17(18)20-16(10)15(12)18/h4-7,11,13,17H,2-3,8-9H2,1H3/t11-,13+,17+,18+/m1/s1. The molecule has 0 aromatic heterocycles. The van der Waals surface area contributed by atoms with Gasteiger partial charge in [-0.05, 0) is 55.2 Å². The third-order valence-electron chi connectivity index (χ3n) is 6.09. The SMILES string of the molecule is Cc1ccc2c3c1O[C@H]1C(=O)C=C[C@H]4[C@H](CCC[C@]314)C2. The molecular formula is C18H18O2. The largest absolute Gasteiger partial charge is 0.481 e. The van der Waals surface area contributed by atoms with Gasteiger partial charge in [0.1, 0.15) is 5.75 Å². The molecule has 0 radical (unpaired) electrons. The summed E-state index contributed by atoms with van der Waals surface area (Å²) < 4.78 is 6.22. The number of carbonyl (C=O) groups is 1. The minimum Gasteiger partial charge on any atom is -0.481 e. The quantitative estimate of drug-likeness (QED) is 0.721. The highest BCUT2D eigenvalue weighted by Gasteiger charge is 2.62. The van der Waals surface area contributed by atoms with Gasteiger partial charge in [-0.25, -0.2) is 0 Å².